The second-order valence-electron chi connectivity index (χ2n) is 6.56. The van der Waals surface area contributed by atoms with Gasteiger partial charge in [-0.15, -0.1) is 0 Å². The molecule has 2 saturated heterocycles. The van der Waals surface area contributed by atoms with E-state index in [0.717, 1.165) is 12.8 Å². The summed E-state index contributed by atoms with van der Waals surface area (Å²) >= 11 is 0. The summed E-state index contributed by atoms with van der Waals surface area (Å²) in [6, 6.07) is -0.00787. The number of piperidine rings is 1. The number of rotatable bonds is 1. The molecule has 0 aromatic carbocycles. The van der Waals surface area contributed by atoms with Crippen molar-refractivity contribution in [2.75, 3.05) is 6.61 Å². The van der Waals surface area contributed by atoms with Gasteiger partial charge in [0.15, 0.2) is 0 Å². The van der Waals surface area contributed by atoms with E-state index in [0.29, 0.717) is 12.8 Å². The highest BCUT2D eigenvalue weighted by molar-refractivity contribution is 5.69. The van der Waals surface area contributed by atoms with Crippen molar-refractivity contribution in [3.05, 3.63) is 0 Å². The quantitative estimate of drug-likeness (QED) is 0.742. The van der Waals surface area contributed by atoms with Crippen LogP contribution in [0.5, 0.6) is 0 Å². The summed E-state index contributed by atoms with van der Waals surface area (Å²) < 4.78 is 5.40. The number of ether oxygens (including phenoxy) is 1. The standard InChI is InChI=1S/C13H23NO4/c1-12(2,3)18-11(16)14-9-4-5-10(14)7-13(17,6-9)8-15/h9-10,15,17H,4-8H2,1-3H3. The van der Waals surface area contributed by atoms with E-state index < -0.39 is 11.2 Å². The van der Waals surface area contributed by atoms with Gasteiger partial charge in [-0.3, -0.25) is 0 Å². The maximum absolute atomic E-state index is 12.1. The summed E-state index contributed by atoms with van der Waals surface area (Å²) in [6.07, 6.45) is 2.35. The molecule has 2 atom stereocenters. The molecule has 2 aliphatic heterocycles. The molecule has 0 spiro atoms. The van der Waals surface area contributed by atoms with E-state index in [2.05, 4.69) is 0 Å². The molecule has 104 valence electrons. The van der Waals surface area contributed by atoms with Crippen molar-refractivity contribution < 1.29 is 19.7 Å². The summed E-state index contributed by atoms with van der Waals surface area (Å²) in [6.45, 7) is 5.31. The lowest BCUT2D eigenvalue weighted by Gasteiger charge is -2.43. The van der Waals surface area contributed by atoms with Crippen LogP contribution in [-0.2, 0) is 4.74 Å². The molecule has 5 nitrogen and oxygen atoms in total. The minimum Gasteiger partial charge on any atom is -0.444 e. The Morgan fingerprint density at radius 2 is 1.83 bits per heavy atom. The Labute approximate surface area is 108 Å². The monoisotopic (exact) mass is 257 g/mol. The number of carbonyl (C=O) groups excluding carboxylic acids is 1. The summed E-state index contributed by atoms with van der Waals surface area (Å²) in [4.78, 5) is 13.9. The fourth-order valence-corrected chi connectivity index (χ4v) is 3.06. The summed E-state index contributed by atoms with van der Waals surface area (Å²) in [5.74, 6) is 0. The van der Waals surface area contributed by atoms with E-state index in [1.165, 1.54) is 0 Å². The van der Waals surface area contributed by atoms with Gasteiger partial charge in [0.1, 0.15) is 5.60 Å². The van der Waals surface area contributed by atoms with E-state index >= 15 is 0 Å². The second-order valence-corrected chi connectivity index (χ2v) is 6.56. The number of hydrogen-bond acceptors (Lipinski definition) is 4. The lowest BCUT2D eigenvalue weighted by molar-refractivity contribution is -0.0842. The van der Waals surface area contributed by atoms with Crippen LogP contribution in [0.3, 0.4) is 0 Å². The Morgan fingerprint density at radius 1 is 1.33 bits per heavy atom. The zero-order valence-corrected chi connectivity index (χ0v) is 11.3. The summed E-state index contributed by atoms with van der Waals surface area (Å²) in [5.41, 5.74) is -1.52. The largest absolute Gasteiger partial charge is 0.444 e. The Bertz CT molecular complexity index is 322. The molecule has 0 aliphatic carbocycles. The molecule has 5 heteroatoms. The van der Waals surface area contributed by atoms with E-state index in [9.17, 15) is 15.0 Å². The van der Waals surface area contributed by atoms with Gasteiger partial charge in [-0.25, -0.2) is 4.79 Å². The molecule has 0 saturated carbocycles. The van der Waals surface area contributed by atoms with E-state index in [1.807, 2.05) is 20.8 Å². The third-order valence-corrected chi connectivity index (χ3v) is 3.75. The number of nitrogens with zero attached hydrogens (tertiary/aromatic N) is 1. The average molecular weight is 257 g/mol. The molecule has 2 heterocycles. The molecule has 2 fully saturated rings. The predicted octanol–water partition coefficient (Wildman–Crippen LogP) is 1.27. The van der Waals surface area contributed by atoms with Crippen LogP contribution in [0.2, 0.25) is 0 Å². The third kappa shape index (κ3) is 2.62. The van der Waals surface area contributed by atoms with Crippen molar-refractivity contribution in [3.63, 3.8) is 0 Å². The Balaban J connectivity index is 2.07. The van der Waals surface area contributed by atoms with E-state index in [1.54, 1.807) is 4.90 Å². The van der Waals surface area contributed by atoms with Crippen molar-refractivity contribution in [3.8, 4) is 0 Å². The normalized spacial score (nSPS) is 35.7. The minimum atomic E-state index is -1.02. The number of fused-ring (bicyclic) bond motifs is 2. The smallest absolute Gasteiger partial charge is 0.410 e. The van der Waals surface area contributed by atoms with Gasteiger partial charge in [-0.2, -0.15) is 0 Å². The molecular weight excluding hydrogens is 234 g/mol. The van der Waals surface area contributed by atoms with Gasteiger partial charge in [0, 0.05) is 12.1 Å². The first-order valence-electron chi connectivity index (χ1n) is 6.59. The van der Waals surface area contributed by atoms with Crippen LogP contribution in [0.4, 0.5) is 4.79 Å². The molecule has 0 aromatic rings. The number of aliphatic hydroxyl groups excluding tert-OH is 1. The highest BCUT2D eigenvalue weighted by atomic mass is 16.6. The molecular formula is C13H23NO4. The van der Waals surface area contributed by atoms with Gasteiger partial charge in [-0.1, -0.05) is 0 Å². The molecule has 2 bridgehead atoms. The van der Waals surface area contributed by atoms with Gasteiger partial charge >= 0.3 is 6.09 Å². The van der Waals surface area contributed by atoms with Crippen LogP contribution in [0.15, 0.2) is 0 Å². The maximum atomic E-state index is 12.1. The first-order valence-corrected chi connectivity index (χ1v) is 6.59. The molecule has 2 rings (SSSR count). The molecule has 2 aliphatic rings. The van der Waals surface area contributed by atoms with Gasteiger partial charge in [0.05, 0.1) is 12.2 Å². The van der Waals surface area contributed by atoms with Crippen molar-refractivity contribution >= 4 is 6.09 Å². The lowest BCUT2D eigenvalue weighted by atomic mass is 9.87. The number of aliphatic hydroxyl groups is 2. The van der Waals surface area contributed by atoms with Gasteiger partial charge < -0.3 is 19.8 Å². The van der Waals surface area contributed by atoms with Gasteiger partial charge in [0.2, 0.25) is 0 Å². The predicted molar refractivity (Wildman–Crippen MR) is 66.2 cm³/mol. The first-order chi connectivity index (χ1) is 8.24. The van der Waals surface area contributed by atoms with Gasteiger partial charge in [-0.05, 0) is 46.5 Å². The number of amides is 1. The second kappa shape index (κ2) is 4.38. The van der Waals surface area contributed by atoms with Crippen LogP contribution < -0.4 is 0 Å². The number of carbonyl (C=O) groups is 1. The molecule has 2 unspecified atom stereocenters. The molecule has 1 amide bonds. The van der Waals surface area contributed by atoms with Crippen molar-refractivity contribution in [2.45, 2.75) is 69.7 Å². The zero-order chi connectivity index (χ0) is 13.6. The average Bonchev–Trinajstić information content (AvgIpc) is 2.50. The molecule has 0 aromatic heterocycles. The number of hydrogen-bond donors (Lipinski definition) is 2. The van der Waals surface area contributed by atoms with Crippen LogP contribution in [0.25, 0.3) is 0 Å². The lowest BCUT2D eigenvalue weighted by Crippen LogP contribution is -2.55. The summed E-state index contributed by atoms with van der Waals surface area (Å²) in [5, 5.41) is 19.4. The van der Waals surface area contributed by atoms with Crippen molar-refractivity contribution in [1.29, 1.82) is 0 Å². The van der Waals surface area contributed by atoms with Gasteiger partial charge in [0.25, 0.3) is 0 Å². The maximum Gasteiger partial charge on any atom is 0.410 e. The molecule has 0 radical (unpaired) electrons. The Morgan fingerprint density at radius 3 is 2.22 bits per heavy atom. The minimum absolute atomic E-state index is 0.00394. The van der Waals surface area contributed by atoms with Crippen molar-refractivity contribution in [1.82, 2.24) is 4.90 Å². The van der Waals surface area contributed by atoms with E-state index in [4.69, 9.17) is 4.74 Å². The van der Waals surface area contributed by atoms with Crippen LogP contribution in [-0.4, -0.2) is 51.1 Å². The first kappa shape index (κ1) is 13.6. The fraction of sp³-hybridized carbons (Fsp3) is 0.923. The SMILES string of the molecule is CC(C)(C)OC(=O)N1C2CCC1CC(O)(CO)C2. The van der Waals surface area contributed by atoms with E-state index in [-0.39, 0.29) is 24.8 Å². The molecule has 2 N–H and O–H groups in total. The third-order valence-electron chi connectivity index (χ3n) is 3.75. The van der Waals surface area contributed by atoms with Crippen LogP contribution in [0, 0.1) is 0 Å². The Hall–Kier alpha value is -0.810. The zero-order valence-electron chi connectivity index (χ0n) is 11.3. The fourth-order valence-electron chi connectivity index (χ4n) is 3.06. The highest BCUT2D eigenvalue weighted by Gasteiger charge is 2.50. The van der Waals surface area contributed by atoms with Crippen LogP contribution >= 0.6 is 0 Å². The highest BCUT2D eigenvalue weighted by Crippen LogP contribution is 2.41. The Kier molecular flexibility index (Phi) is 3.32. The van der Waals surface area contributed by atoms with Crippen molar-refractivity contribution in [2.24, 2.45) is 0 Å². The molecule has 18 heavy (non-hydrogen) atoms. The van der Waals surface area contributed by atoms with Crippen LogP contribution in [0.1, 0.15) is 46.5 Å². The summed E-state index contributed by atoms with van der Waals surface area (Å²) in [7, 11) is 0. The topological polar surface area (TPSA) is 70.0 Å².